The number of ether oxygens (including phenoxy) is 1. The van der Waals surface area contributed by atoms with E-state index in [2.05, 4.69) is 10.2 Å². The van der Waals surface area contributed by atoms with Gasteiger partial charge in [-0.2, -0.15) is 13.2 Å². The molecule has 2 fully saturated rings. The van der Waals surface area contributed by atoms with E-state index < -0.39 is 23.9 Å². The molecular weight excluding hydrogens is 476 g/mol. The normalized spacial score (nSPS) is 25.2. The number of piperidine rings is 1. The van der Waals surface area contributed by atoms with Gasteiger partial charge in [-0.3, -0.25) is 4.79 Å². The van der Waals surface area contributed by atoms with E-state index in [4.69, 9.17) is 4.74 Å². The van der Waals surface area contributed by atoms with Gasteiger partial charge in [0.1, 0.15) is 18.5 Å². The summed E-state index contributed by atoms with van der Waals surface area (Å²) in [6.07, 6.45) is -1.47. The minimum absolute atomic E-state index is 0.00916. The maximum absolute atomic E-state index is 13.8. The molecule has 10 heteroatoms. The monoisotopic (exact) mass is 502 g/mol. The zero-order valence-electron chi connectivity index (χ0n) is 19.8. The van der Waals surface area contributed by atoms with Crippen LogP contribution in [0.15, 0.2) is 55.1 Å². The van der Waals surface area contributed by atoms with Crippen molar-refractivity contribution in [3.63, 3.8) is 0 Å². The maximum atomic E-state index is 13.8. The van der Waals surface area contributed by atoms with Gasteiger partial charge in [0, 0.05) is 18.9 Å². The van der Waals surface area contributed by atoms with Crippen molar-refractivity contribution in [3.8, 4) is 0 Å². The molecule has 0 aliphatic carbocycles. The molecule has 5 rings (SSSR count). The highest BCUT2D eigenvalue weighted by Crippen LogP contribution is 2.46. The number of aryl methyl sites for hydroxylation is 1. The van der Waals surface area contributed by atoms with Gasteiger partial charge < -0.3 is 14.2 Å². The van der Waals surface area contributed by atoms with E-state index in [9.17, 15) is 22.4 Å². The van der Waals surface area contributed by atoms with Crippen LogP contribution < -0.4 is 0 Å². The lowest BCUT2D eigenvalue weighted by Gasteiger charge is -2.39. The fourth-order valence-corrected chi connectivity index (χ4v) is 5.63. The van der Waals surface area contributed by atoms with Crippen LogP contribution in [0.1, 0.15) is 60.1 Å². The Hall–Kier alpha value is -3.27. The first-order valence-corrected chi connectivity index (χ1v) is 11.8. The van der Waals surface area contributed by atoms with Gasteiger partial charge >= 0.3 is 6.18 Å². The summed E-state index contributed by atoms with van der Waals surface area (Å²) < 4.78 is 62.3. The number of nitrogens with zero attached hydrogens (tertiary/aromatic N) is 4. The van der Waals surface area contributed by atoms with E-state index in [1.807, 2.05) is 4.57 Å². The maximum Gasteiger partial charge on any atom is 0.416 e. The first-order chi connectivity index (χ1) is 17.1. The molecule has 3 aromatic rings. The second kappa shape index (κ2) is 9.31. The molecule has 36 heavy (non-hydrogen) atoms. The molecule has 5 atom stereocenters. The summed E-state index contributed by atoms with van der Waals surface area (Å²) in [6.45, 7) is 3.62. The topological polar surface area (TPSA) is 60.2 Å². The number of alkyl halides is 3. The van der Waals surface area contributed by atoms with Crippen LogP contribution in [0.2, 0.25) is 0 Å². The van der Waals surface area contributed by atoms with Crippen LogP contribution in [0, 0.1) is 12.7 Å². The Kier molecular flexibility index (Phi) is 6.32. The van der Waals surface area contributed by atoms with Gasteiger partial charge in [-0.05, 0) is 55.7 Å². The van der Waals surface area contributed by atoms with Crippen molar-refractivity contribution in [2.75, 3.05) is 6.54 Å². The van der Waals surface area contributed by atoms with Gasteiger partial charge in [0.25, 0.3) is 0 Å². The van der Waals surface area contributed by atoms with Crippen LogP contribution in [-0.4, -0.2) is 44.3 Å². The average Bonchev–Trinajstić information content (AvgIpc) is 3.48. The Morgan fingerprint density at radius 3 is 2.44 bits per heavy atom. The van der Waals surface area contributed by atoms with Gasteiger partial charge in [0.05, 0.1) is 29.9 Å². The van der Waals surface area contributed by atoms with Crippen LogP contribution in [0.4, 0.5) is 17.6 Å². The number of hydrogen-bond donors (Lipinski definition) is 0. The number of amides is 1. The lowest BCUT2D eigenvalue weighted by Crippen LogP contribution is -2.47. The van der Waals surface area contributed by atoms with Crippen LogP contribution in [0.5, 0.6) is 0 Å². The summed E-state index contributed by atoms with van der Waals surface area (Å²) in [4.78, 5) is 14.8. The van der Waals surface area contributed by atoms with E-state index in [1.54, 1.807) is 49.6 Å². The quantitative estimate of drug-likeness (QED) is 0.449. The van der Waals surface area contributed by atoms with Gasteiger partial charge in [-0.25, -0.2) is 4.39 Å². The number of aromatic nitrogens is 3. The summed E-state index contributed by atoms with van der Waals surface area (Å²) in [5, 5.41) is 7.84. The minimum Gasteiger partial charge on any atom is -0.368 e. The number of halogens is 4. The summed E-state index contributed by atoms with van der Waals surface area (Å²) in [7, 11) is 0. The van der Waals surface area contributed by atoms with Crippen molar-refractivity contribution in [2.45, 2.75) is 63.1 Å². The third kappa shape index (κ3) is 4.61. The van der Waals surface area contributed by atoms with Crippen molar-refractivity contribution < 1.29 is 27.1 Å². The van der Waals surface area contributed by atoms with Crippen molar-refractivity contribution in [1.29, 1.82) is 0 Å². The third-order valence-electron chi connectivity index (χ3n) is 7.22. The van der Waals surface area contributed by atoms with E-state index in [0.29, 0.717) is 24.0 Å². The molecule has 2 saturated heterocycles. The highest BCUT2D eigenvalue weighted by molar-refractivity contribution is 5.78. The molecular formula is C26H26F4N4O2. The van der Waals surface area contributed by atoms with Gasteiger partial charge in [0.15, 0.2) is 0 Å². The molecule has 0 radical (unpaired) electrons. The van der Waals surface area contributed by atoms with E-state index in [-0.39, 0.29) is 36.3 Å². The zero-order valence-corrected chi connectivity index (χ0v) is 19.8. The molecule has 2 aromatic carbocycles. The highest BCUT2D eigenvalue weighted by atomic mass is 19.4. The van der Waals surface area contributed by atoms with Gasteiger partial charge in [-0.1, -0.05) is 23.8 Å². The molecule has 2 aliphatic rings. The molecule has 2 aliphatic heterocycles. The lowest BCUT2D eigenvalue weighted by molar-refractivity contribution is -0.138. The number of carbonyl (C=O) groups excluding carboxylic acids is 1. The Labute approximate surface area is 205 Å². The fraction of sp³-hybridized carbons (Fsp3) is 0.423. The molecule has 1 aromatic heterocycles. The van der Waals surface area contributed by atoms with Crippen molar-refractivity contribution >= 4 is 5.91 Å². The molecule has 6 nitrogen and oxygen atoms in total. The Bertz CT molecular complexity index is 1230. The SMILES string of the molecule is Cc1cc([C@@H](C)O[C@H]2CN3C(=O)CCC(n4cnnc4)C3C2c2ccc(F)cc2)cc(C(F)(F)F)c1. The summed E-state index contributed by atoms with van der Waals surface area (Å²) in [5.74, 6) is -0.712. The smallest absolute Gasteiger partial charge is 0.368 e. The van der Waals surface area contributed by atoms with Crippen molar-refractivity contribution in [1.82, 2.24) is 19.7 Å². The number of rotatable bonds is 5. The second-order valence-corrected chi connectivity index (χ2v) is 9.58. The van der Waals surface area contributed by atoms with E-state index in [1.165, 1.54) is 12.1 Å². The Morgan fingerprint density at radius 2 is 1.78 bits per heavy atom. The van der Waals surface area contributed by atoms with Crippen LogP contribution >= 0.6 is 0 Å². The zero-order chi connectivity index (χ0) is 25.6. The largest absolute Gasteiger partial charge is 0.416 e. The average molecular weight is 503 g/mol. The van der Waals surface area contributed by atoms with Gasteiger partial charge in [0.2, 0.25) is 5.91 Å². The predicted molar refractivity (Wildman–Crippen MR) is 122 cm³/mol. The van der Waals surface area contributed by atoms with Crippen LogP contribution in [0.3, 0.4) is 0 Å². The second-order valence-electron chi connectivity index (χ2n) is 9.58. The Balaban J connectivity index is 1.51. The molecule has 3 heterocycles. The third-order valence-corrected chi connectivity index (χ3v) is 7.22. The molecule has 0 bridgehead atoms. The molecule has 0 N–H and O–H groups in total. The summed E-state index contributed by atoms with van der Waals surface area (Å²) >= 11 is 0. The Morgan fingerprint density at radius 1 is 1.08 bits per heavy atom. The van der Waals surface area contributed by atoms with Crippen molar-refractivity contribution in [2.24, 2.45) is 0 Å². The number of fused-ring (bicyclic) bond motifs is 1. The number of benzene rings is 2. The molecule has 3 unspecified atom stereocenters. The van der Waals surface area contributed by atoms with Gasteiger partial charge in [-0.15, -0.1) is 10.2 Å². The summed E-state index contributed by atoms with van der Waals surface area (Å²) in [6, 6.07) is 9.58. The van der Waals surface area contributed by atoms with Crippen LogP contribution in [-0.2, 0) is 15.7 Å². The highest BCUT2D eigenvalue weighted by Gasteiger charge is 2.51. The minimum atomic E-state index is -4.47. The first kappa shape index (κ1) is 24.4. The predicted octanol–water partition coefficient (Wildman–Crippen LogP) is 5.22. The number of hydrogen-bond acceptors (Lipinski definition) is 4. The van der Waals surface area contributed by atoms with E-state index in [0.717, 1.165) is 17.7 Å². The summed E-state index contributed by atoms with van der Waals surface area (Å²) in [5.41, 5.74) is 0.965. The first-order valence-electron chi connectivity index (χ1n) is 11.8. The molecule has 190 valence electrons. The van der Waals surface area contributed by atoms with Crippen molar-refractivity contribution in [3.05, 3.63) is 83.2 Å². The molecule has 0 spiro atoms. The standard InChI is InChI=1S/C26H26F4N4O2/c1-15-9-18(11-19(10-15)26(28,29)30)16(2)36-22-12-34-23(35)8-7-21(33-13-31-32-14-33)25(34)24(22)17-3-5-20(27)6-4-17/h3-6,9-11,13-14,16,21-22,24-25H,7-8,12H2,1-2H3/t16-,21?,22+,24?,25?/m1/s1. The van der Waals surface area contributed by atoms with Crippen LogP contribution in [0.25, 0.3) is 0 Å². The fourth-order valence-electron chi connectivity index (χ4n) is 5.63. The number of carbonyl (C=O) groups is 1. The molecule has 0 saturated carbocycles. The lowest BCUT2D eigenvalue weighted by atomic mass is 9.82. The van der Waals surface area contributed by atoms with E-state index >= 15 is 0 Å². The molecule has 1 amide bonds.